The molecule has 0 spiro atoms. The SMILES string of the molecule is Cl.NC(=S)CCc1ccccc1. The van der Waals surface area contributed by atoms with Crippen LogP contribution in [0.5, 0.6) is 0 Å². The highest BCUT2D eigenvalue weighted by Gasteiger charge is 1.91. The second kappa shape index (κ2) is 5.98. The lowest BCUT2D eigenvalue weighted by Gasteiger charge is -1.97. The van der Waals surface area contributed by atoms with Gasteiger partial charge in [-0.1, -0.05) is 42.5 Å². The van der Waals surface area contributed by atoms with Crippen molar-refractivity contribution in [1.29, 1.82) is 0 Å². The van der Waals surface area contributed by atoms with Crippen molar-refractivity contribution in [2.45, 2.75) is 12.8 Å². The van der Waals surface area contributed by atoms with Crippen LogP contribution in [0, 0.1) is 0 Å². The Hall–Kier alpha value is -0.600. The number of halogens is 1. The lowest BCUT2D eigenvalue weighted by Crippen LogP contribution is -2.08. The molecule has 0 heterocycles. The van der Waals surface area contributed by atoms with Gasteiger partial charge in [-0.3, -0.25) is 0 Å². The van der Waals surface area contributed by atoms with Crippen LogP contribution in [0.15, 0.2) is 30.3 Å². The number of hydrogen-bond donors (Lipinski definition) is 1. The number of aryl methyl sites for hydroxylation is 1. The molecule has 0 aromatic heterocycles. The van der Waals surface area contributed by atoms with Crippen LogP contribution in [0.2, 0.25) is 0 Å². The Labute approximate surface area is 84.4 Å². The van der Waals surface area contributed by atoms with E-state index >= 15 is 0 Å². The van der Waals surface area contributed by atoms with Crippen LogP contribution in [0.1, 0.15) is 12.0 Å². The summed E-state index contributed by atoms with van der Waals surface area (Å²) in [4.78, 5) is 0.592. The van der Waals surface area contributed by atoms with Gasteiger partial charge in [-0.05, 0) is 12.0 Å². The van der Waals surface area contributed by atoms with E-state index in [1.54, 1.807) is 0 Å². The summed E-state index contributed by atoms with van der Waals surface area (Å²) in [6, 6.07) is 10.2. The predicted molar refractivity (Wildman–Crippen MR) is 58.8 cm³/mol. The first-order valence-electron chi connectivity index (χ1n) is 3.61. The molecule has 0 radical (unpaired) electrons. The van der Waals surface area contributed by atoms with Crippen molar-refractivity contribution in [1.82, 2.24) is 0 Å². The van der Waals surface area contributed by atoms with Gasteiger partial charge in [0, 0.05) is 6.42 Å². The van der Waals surface area contributed by atoms with Crippen molar-refractivity contribution >= 4 is 29.6 Å². The Kier molecular flexibility index (Phi) is 5.68. The normalized spacial score (nSPS) is 8.67. The molecule has 1 rings (SSSR count). The van der Waals surface area contributed by atoms with Crippen LogP contribution >= 0.6 is 24.6 Å². The molecule has 0 fully saturated rings. The summed E-state index contributed by atoms with van der Waals surface area (Å²) in [6.07, 6.45) is 1.76. The first-order valence-corrected chi connectivity index (χ1v) is 4.02. The van der Waals surface area contributed by atoms with E-state index in [-0.39, 0.29) is 12.4 Å². The zero-order chi connectivity index (χ0) is 8.10. The Morgan fingerprint density at radius 3 is 2.33 bits per heavy atom. The molecular formula is C9H12ClNS. The third-order valence-electron chi connectivity index (χ3n) is 1.50. The molecule has 0 bridgehead atoms. The standard InChI is InChI=1S/C9H11NS.ClH/c10-9(11)7-6-8-4-2-1-3-5-8;/h1-5H,6-7H2,(H2,10,11);1H. The molecule has 0 saturated carbocycles. The number of benzene rings is 1. The largest absolute Gasteiger partial charge is 0.393 e. The molecule has 0 unspecified atom stereocenters. The Morgan fingerprint density at radius 2 is 1.83 bits per heavy atom. The monoisotopic (exact) mass is 201 g/mol. The van der Waals surface area contributed by atoms with Gasteiger partial charge in [-0.2, -0.15) is 0 Å². The van der Waals surface area contributed by atoms with Crippen LogP contribution < -0.4 is 5.73 Å². The maximum absolute atomic E-state index is 5.37. The highest BCUT2D eigenvalue weighted by molar-refractivity contribution is 7.80. The van der Waals surface area contributed by atoms with Crippen LogP contribution in [0.25, 0.3) is 0 Å². The molecule has 0 aliphatic heterocycles. The summed E-state index contributed by atoms with van der Waals surface area (Å²) in [5.74, 6) is 0. The average molecular weight is 202 g/mol. The smallest absolute Gasteiger partial charge is 0.0730 e. The maximum Gasteiger partial charge on any atom is 0.0730 e. The molecule has 0 aliphatic rings. The molecule has 1 nitrogen and oxygen atoms in total. The van der Waals surface area contributed by atoms with Gasteiger partial charge in [0.15, 0.2) is 0 Å². The van der Waals surface area contributed by atoms with E-state index in [4.69, 9.17) is 18.0 Å². The van der Waals surface area contributed by atoms with Gasteiger partial charge in [0.2, 0.25) is 0 Å². The minimum atomic E-state index is 0. The molecular weight excluding hydrogens is 190 g/mol. The average Bonchev–Trinajstić information content (AvgIpc) is 2.03. The molecule has 12 heavy (non-hydrogen) atoms. The van der Waals surface area contributed by atoms with Gasteiger partial charge in [-0.15, -0.1) is 12.4 Å². The molecule has 1 aromatic carbocycles. The van der Waals surface area contributed by atoms with Gasteiger partial charge in [0.25, 0.3) is 0 Å². The van der Waals surface area contributed by atoms with Crippen molar-refractivity contribution in [3.05, 3.63) is 35.9 Å². The third-order valence-corrected chi connectivity index (χ3v) is 1.71. The summed E-state index contributed by atoms with van der Waals surface area (Å²) >= 11 is 4.77. The number of rotatable bonds is 3. The van der Waals surface area contributed by atoms with Crippen LogP contribution in [0.4, 0.5) is 0 Å². The summed E-state index contributed by atoms with van der Waals surface area (Å²) in [5, 5.41) is 0. The molecule has 0 atom stereocenters. The number of hydrogen-bond acceptors (Lipinski definition) is 1. The first-order chi connectivity index (χ1) is 5.29. The van der Waals surface area contributed by atoms with Crippen molar-refractivity contribution in [3.63, 3.8) is 0 Å². The molecule has 0 amide bonds. The fourth-order valence-corrected chi connectivity index (χ4v) is 1.01. The van der Waals surface area contributed by atoms with E-state index in [1.807, 2.05) is 18.2 Å². The second-order valence-corrected chi connectivity index (χ2v) is 2.98. The minimum absolute atomic E-state index is 0. The Balaban J connectivity index is 0.00000121. The highest BCUT2D eigenvalue weighted by Crippen LogP contribution is 2.01. The van der Waals surface area contributed by atoms with Crippen molar-refractivity contribution < 1.29 is 0 Å². The quantitative estimate of drug-likeness (QED) is 0.760. The summed E-state index contributed by atoms with van der Waals surface area (Å²) in [5.41, 5.74) is 6.66. The van der Waals surface area contributed by atoms with E-state index < -0.39 is 0 Å². The Morgan fingerprint density at radius 1 is 1.25 bits per heavy atom. The van der Waals surface area contributed by atoms with E-state index in [2.05, 4.69) is 12.1 Å². The zero-order valence-electron chi connectivity index (χ0n) is 6.69. The van der Waals surface area contributed by atoms with E-state index in [0.29, 0.717) is 4.99 Å². The second-order valence-electron chi connectivity index (χ2n) is 2.45. The van der Waals surface area contributed by atoms with Crippen molar-refractivity contribution in [3.8, 4) is 0 Å². The first kappa shape index (κ1) is 11.4. The van der Waals surface area contributed by atoms with E-state index in [0.717, 1.165) is 12.8 Å². The van der Waals surface area contributed by atoms with Crippen LogP contribution in [-0.4, -0.2) is 4.99 Å². The minimum Gasteiger partial charge on any atom is -0.393 e. The van der Waals surface area contributed by atoms with Gasteiger partial charge >= 0.3 is 0 Å². The van der Waals surface area contributed by atoms with Gasteiger partial charge in [0.1, 0.15) is 0 Å². The summed E-state index contributed by atoms with van der Waals surface area (Å²) < 4.78 is 0. The maximum atomic E-state index is 5.37. The topological polar surface area (TPSA) is 26.0 Å². The molecule has 66 valence electrons. The van der Waals surface area contributed by atoms with Crippen molar-refractivity contribution in [2.24, 2.45) is 5.73 Å². The van der Waals surface area contributed by atoms with Crippen molar-refractivity contribution in [2.75, 3.05) is 0 Å². The summed E-state index contributed by atoms with van der Waals surface area (Å²) in [7, 11) is 0. The van der Waals surface area contributed by atoms with Gasteiger partial charge in [0.05, 0.1) is 4.99 Å². The predicted octanol–water partition coefficient (Wildman–Crippen LogP) is 2.33. The molecule has 0 saturated heterocycles. The van der Waals surface area contributed by atoms with Gasteiger partial charge < -0.3 is 5.73 Å². The number of thiocarbonyl (C=S) groups is 1. The molecule has 0 aliphatic carbocycles. The zero-order valence-corrected chi connectivity index (χ0v) is 8.33. The molecule has 2 N–H and O–H groups in total. The fourth-order valence-electron chi connectivity index (χ4n) is 0.912. The lowest BCUT2D eigenvalue weighted by atomic mass is 10.1. The fraction of sp³-hybridized carbons (Fsp3) is 0.222. The molecule has 1 aromatic rings. The third kappa shape index (κ3) is 4.31. The van der Waals surface area contributed by atoms with Crippen LogP contribution in [-0.2, 0) is 6.42 Å². The number of nitrogens with two attached hydrogens (primary N) is 1. The van der Waals surface area contributed by atoms with Gasteiger partial charge in [-0.25, -0.2) is 0 Å². The van der Waals surface area contributed by atoms with Crippen LogP contribution in [0.3, 0.4) is 0 Å². The van der Waals surface area contributed by atoms with E-state index in [9.17, 15) is 0 Å². The lowest BCUT2D eigenvalue weighted by molar-refractivity contribution is 1.04. The Bertz CT molecular complexity index is 236. The highest BCUT2D eigenvalue weighted by atomic mass is 35.5. The van der Waals surface area contributed by atoms with E-state index in [1.165, 1.54) is 5.56 Å². The summed E-state index contributed by atoms with van der Waals surface area (Å²) in [6.45, 7) is 0. The molecule has 3 heteroatoms.